The predicted molar refractivity (Wildman–Crippen MR) is 106 cm³/mol. The number of nitrogens with zero attached hydrogens (tertiary/aromatic N) is 4. The lowest BCUT2D eigenvalue weighted by Gasteiger charge is -2.07. The van der Waals surface area contributed by atoms with Gasteiger partial charge in [-0.15, -0.1) is 0 Å². The van der Waals surface area contributed by atoms with E-state index in [-0.39, 0.29) is 5.78 Å². The summed E-state index contributed by atoms with van der Waals surface area (Å²) < 4.78 is 4.15. The van der Waals surface area contributed by atoms with Gasteiger partial charge in [0.15, 0.2) is 5.78 Å². The maximum atomic E-state index is 12.0. The first-order valence-corrected chi connectivity index (χ1v) is 9.04. The highest BCUT2D eigenvalue weighted by Crippen LogP contribution is 2.07. The van der Waals surface area contributed by atoms with Crippen molar-refractivity contribution >= 4 is 17.9 Å². The lowest BCUT2D eigenvalue weighted by molar-refractivity contribution is -0.110. The Hall–Kier alpha value is -2.69. The molecule has 138 valence electrons. The van der Waals surface area contributed by atoms with Gasteiger partial charge in [0, 0.05) is 37.9 Å². The van der Waals surface area contributed by atoms with Crippen LogP contribution in [0.25, 0.3) is 12.2 Å². The number of aromatic nitrogens is 4. The van der Waals surface area contributed by atoms with Crippen molar-refractivity contribution in [1.82, 2.24) is 19.1 Å². The average Bonchev–Trinajstić information content (AvgIpc) is 3.18. The fourth-order valence-electron chi connectivity index (χ4n) is 2.56. The molecular weight excluding hydrogens is 324 g/mol. The number of rotatable bonds is 9. The van der Waals surface area contributed by atoms with Crippen LogP contribution in [0.3, 0.4) is 0 Å². The number of hydrogen-bond donors (Lipinski definition) is 0. The maximum Gasteiger partial charge on any atom is 0.178 e. The van der Waals surface area contributed by atoms with Crippen LogP contribution in [0.5, 0.6) is 0 Å². The van der Waals surface area contributed by atoms with E-state index in [9.17, 15) is 4.79 Å². The molecule has 0 spiro atoms. The van der Waals surface area contributed by atoms with Crippen molar-refractivity contribution in [2.24, 2.45) is 11.8 Å². The highest BCUT2D eigenvalue weighted by molar-refractivity contribution is 6.01. The second-order valence-electron chi connectivity index (χ2n) is 7.12. The summed E-state index contributed by atoms with van der Waals surface area (Å²) >= 11 is 0. The highest BCUT2D eigenvalue weighted by atomic mass is 16.1. The summed E-state index contributed by atoms with van der Waals surface area (Å²) in [5, 5.41) is 0. The first-order valence-electron chi connectivity index (χ1n) is 9.04. The van der Waals surface area contributed by atoms with E-state index >= 15 is 0 Å². The van der Waals surface area contributed by atoms with Crippen LogP contribution in [0.4, 0.5) is 0 Å². The standard InChI is InChI=1S/C21H28N4O/c1-17(2)15-24-13-11-22-20(24)8-6-5-7-19(26)9-10-21-23-12-14-25(21)16-18(3)4/h5-14,17-18H,15-16H2,1-4H3/b7-5+,8-6+,10-9+. The summed E-state index contributed by atoms with van der Waals surface area (Å²) in [6, 6.07) is 0. The van der Waals surface area contributed by atoms with E-state index in [1.165, 1.54) is 0 Å². The molecule has 0 saturated carbocycles. The second kappa shape index (κ2) is 9.70. The summed E-state index contributed by atoms with van der Waals surface area (Å²) in [4.78, 5) is 20.6. The van der Waals surface area contributed by atoms with Crippen LogP contribution in [0.2, 0.25) is 0 Å². The maximum absolute atomic E-state index is 12.0. The summed E-state index contributed by atoms with van der Waals surface area (Å²) in [6.07, 6.45) is 17.8. The Labute approximate surface area is 155 Å². The van der Waals surface area contributed by atoms with Crippen LogP contribution >= 0.6 is 0 Å². The van der Waals surface area contributed by atoms with Crippen LogP contribution in [0, 0.1) is 11.8 Å². The Morgan fingerprint density at radius 3 is 1.96 bits per heavy atom. The van der Waals surface area contributed by atoms with E-state index in [4.69, 9.17) is 0 Å². The molecule has 0 aliphatic rings. The molecule has 26 heavy (non-hydrogen) atoms. The van der Waals surface area contributed by atoms with Crippen molar-refractivity contribution in [1.29, 1.82) is 0 Å². The quantitative estimate of drug-likeness (QED) is 0.501. The largest absolute Gasteiger partial charge is 0.331 e. The van der Waals surface area contributed by atoms with Crippen LogP contribution in [-0.2, 0) is 17.9 Å². The van der Waals surface area contributed by atoms with Gasteiger partial charge in [-0.3, -0.25) is 4.79 Å². The normalized spacial score (nSPS) is 12.5. The molecule has 0 unspecified atom stereocenters. The van der Waals surface area contributed by atoms with E-state index in [1.54, 1.807) is 36.7 Å². The first kappa shape index (κ1) is 19.6. The molecule has 0 bridgehead atoms. The number of carbonyl (C=O) groups is 1. The molecule has 0 fully saturated rings. The van der Waals surface area contributed by atoms with Gasteiger partial charge in [-0.05, 0) is 36.1 Å². The van der Waals surface area contributed by atoms with Crippen molar-refractivity contribution < 1.29 is 4.79 Å². The van der Waals surface area contributed by atoms with Gasteiger partial charge in [-0.25, -0.2) is 9.97 Å². The highest BCUT2D eigenvalue weighted by Gasteiger charge is 2.02. The first-order chi connectivity index (χ1) is 12.5. The zero-order chi connectivity index (χ0) is 18.9. The van der Waals surface area contributed by atoms with Crippen molar-refractivity contribution in [2.75, 3.05) is 0 Å². The molecule has 2 aromatic heterocycles. The molecule has 0 saturated heterocycles. The molecule has 2 rings (SSSR count). The molecule has 2 heterocycles. The Morgan fingerprint density at radius 1 is 0.885 bits per heavy atom. The Kier molecular flexibility index (Phi) is 7.33. The SMILES string of the molecule is CC(C)Cn1ccnc1/C=C/C=C/C(=O)/C=C/c1nccn1CC(C)C. The van der Waals surface area contributed by atoms with Gasteiger partial charge in [-0.1, -0.05) is 39.8 Å². The third kappa shape index (κ3) is 6.31. The topological polar surface area (TPSA) is 52.7 Å². The molecular formula is C21H28N4O. The van der Waals surface area contributed by atoms with E-state index in [1.807, 2.05) is 29.1 Å². The zero-order valence-electron chi connectivity index (χ0n) is 16.0. The van der Waals surface area contributed by atoms with Gasteiger partial charge in [0.2, 0.25) is 0 Å². The van der Waals surface area contributed by atoms with Crippen molar-refractivity contribution in [3.05, 3.63) is 60.7 Å². The second-order valence-corrected chi connectivity index (χ2v) is 7.12. The average molecular weight is 352 g/mol. The van der Waals surface area contributed by atoms with Crippen LogP contribution in [0.1, 0.15) is 39.3 Å². The molecule has 0 aliphatic carbocycles. The Bertz CT molecular complexity index is 791. The van der Waals surface area contributed by atoms with Gasteiger partial charge < -0.3 is 9.13 Å². The number of imidazole rings is 2. The smallest absolute Gasteiger partial charge is 0.178 e. The molecule has 0 atom stereocenters. The molecule has 0 radical (unpaired) electrons. The minimum Gasteiger partial charge on any atom is -0.331 e. The fourth-order valence-corrected chi connectivity index (χ4v) is 2.56. The molecule has 5 heteroatoms. The van der Waals surface area contributed by atoms with E-state index in [2.05, 4.69) is 42.2 Å². The minimum absolute atomic E-state index is 0.0701. The van der Waals surface area contributed by atoms with Crippen LogP contribution in [0.15, 0.2) is 49.1 Å². The fraction of sp³-hybridized carbons (Fsp3) is 0.381. The number of ketones is 1. The van der Waals surface area contributed by atoms with Gasteiger partial charge in [-0.2, -0.15) is 0 Å². The van der Waals surface area contributed by atoms with Gasteiger partial charge in [0.05, 0.1) is 0 Å². The third-order valence-electron chi connectivity index (χ3n) is 3.63. The monoisotopic (exact) mass is 352 g/mol. The Balaban J connectivity index is 1.92. The van der Waals surface area contributed by atoms with E-state index in [0.29, 0.717) is 11.8 Å². The lowest BCUT2D eigenvalue weighted by atomic mass is 10.2. The molecule has 0 aromatic carbocycles. The summed E-state index contributed by atoms with van der Waals surface area (Å²) in [5.41, 5.74) is 0. The van der Waals surface area contributed by atoms with Crippen molar-refractivity contribution in [3.8, 4) is 0 Å². The van der Waals surface area contributed by atoms with Gasteiger partial charge >= 0.3 is 0 Å². The molecule has 5 nitrogen and oxygen atoms in total. The number of carbonyl (C=O) groups excluding carboxylic acids is 1. The van der Waals surface area contributed by atoms with Crippen molar-refractivity contribution in [3.63, 3.8) is 0 Å². The van der Waals surface area contributed by atoms with Crippen LogP contribution < -0.4 is 0 Å². The zero-order valence-corrected chi connectivity index (χ0v) is 16.0. The number of allylic oxidation sites excluding steroid dienone is 4. The number of hydrogen-bond acceptors (Lipinski definition) is 3. The molecule has 0 amide bonds. The van der Waals surface area contributed by atoms with E-state index in [0.717, 1.165) is 24.7 Å². The van der Waals surface area contributed by atoms with Gasteiger partial charge in [0.1, 0.15) is 11.6 Å². The van der Waals surface area contributed by atoms with Crippen molar-refractivity contribution in [2.45, 2.75) is 40.8 Å². The summed E-state index contributed by atoms with van der Waals surface area (Å²) in [6.45, 7) is 10.5. The van der Waals surface area contributed by atoms with Gasteiger partial charge in [0.25, 0.3) is 0 Å². The summed E-state index contributed by atoms with van der Waals surface area (Å²) in [5.74, 6) is 2.70. The molecule has 0 N–H and O–H groups in total. The Morgan fingerprint density at radius 2 is 1.42 bits per heavy atom. The van der Waals surface area contributed by atoms with E-state index < -0.39 is 0 Å². The summed E-state index contributed by atoms with van der Waals surface area (Å²) in [7, 11) is 0. The van der Waals surface area contributed by atoms with Crippen LogP contribution in [-0.4, -0.2) is 24.9 Å². The molecule has 0 aliphatic heterocycles. The lowest BCUT2D eigenvalue weighted by Crippen LogP contribution is -2.05. The minimum atomic E-state index is -0.0701. The molecule has 2 aromatic rings. The predicted octanol–water partition coefficient (Wildman–Crippen LogP) is 4.24. The third-order valence-corrected chi connectivity index (χ3v) is 3.63.